The zero-order valence-electron chi connectivity index (χ0n) is 22.0. The van der Waals surface area contributed by atoms with Crippen LogP contribution in [-0.4, -0.2) is 44.1 Å². The molecule has 3 atom stereocenters. The summed E-state index contributed by atoms with van der Waals surface area (Å²) in [4.78, 5) is 12.3. The first-order valence-corrected chi connectivity index (χ1v) is 14.2. The van der Waals surface area contributed by atoms with Crippen LogP contribution in [0.1, 0.15) is 45.2 Å². The fourth-order valence-electron chi connectivity index (χ4n) is 4.14. The van der Waals surface area contributed by atoms with E-state index in [4.69, 9.17) is 28.0 Å². The van der Waals surface area contributed by atoms with E-state index in [1.807, 2.05) is 67.6 Å². The van der Waals surface area contributed by atoms with Gasteiger partial charge < -0.3 is 28.0 Å². The van der Waals surface area contributed by atoms with Crippen LogP contribution in [0.3, 0.4) is 0 Å². The van der Waals surface area contributed by atoms with Gasteiger partial charge in [-0.15, -0.1) is 0 Å². The summed E-state index contributed by atoms with van der Waals surface area (Å²) in [6.45, 7) is 7.68. The van der Waals surface area contributed by atoms with Crippen LogP contribution in [0.25, 0.3) is 0 Å². The predicted molar refractivity (Wildman–Crippen MR) is 140 cm³/mol. The summed E-state index contributed by atoms with van der Waals surface area (Å²) in [6.07, 6.45) is -1.75. The standard InChI is InChI=1S/C28H37O8P/c1-5-24-28(37(30,33-6-2)34-7-3)27(35-21(4)29)26(32-19-23-16-12-9-13-17-23)25(36-24)20-31-18-22-14-10-8-11-15-22/h8-17,24-26H,5-7,18-20H2,1-4H3/t24-,25-,26-/m1/s1. The number of hydrogen-bond acceptors (Lipinski definition) is 8. The number of carbonyl (C=O) groups is 1. The Morgan fingerprint density at radius 3 is 1.97 bits per heavy atom. The Bertz CT molecular complexity index is 1050. The van der Waals surface area contributed by atoms with Crippen LogP contribution in [-0.2, 0) is 50.6 Å². The molecule has 1 aliphatic heterocycles. The molecule has 0 aromatic heterocycles. The Labute approximate surface area is 219 Å². The number of hydrogen-bond donors (Lipinski definition) is 0. The van der Waals surface area contributed by atoms with Crippen molar-refractivity contribution in [2.45, 2.75) is 65.6 Å². The van der Waals surface area contributed by atoms with Crippen molar-refractivity contribution in [3.63, 3.8) is 0 Å². The van der Waals surface area contributed by atoms with Gasteiger partial charge in [-0.25, -0.2) is 0 Å². The Morgan fingerprint density at radius 1 is 0.892 bits per heavy atom. The van der Waals surface area contributed by atoms with Crippen LogP contribution < -0.4 is 0 Å². The van der Waals surface area contributed by atoms with Crippen LogP contribution >= 0.6 is 7.60 Å². The monoisotopic (exact) mass is 532 g/mol. The summed E-state index contributed by atoms with van der Waals surface area (Å²) in [5, 5.41) is 0.186. The zero-order chi connectivity index (χ0) is 26.7. The van der Waals surface area contributed by atoms with Gasteiger partial charge in [0.1, 0.15) is 17.5 Å². The minimum absolute atomic E-state index is 0.111. The molecule has 2 aromatic carbocycles. The molecule has 3 rings (SSSR count). The third kappa shape index (κ3) is 8.08. The summed E-state index contributed by atoms with van der Waals surface area (Å²) in [5.74, 6) is -0.457. The molecule has 0 saturated heterocycles. The third-order valence-electron chi connectivity index (χ3n) is 5.68. The van der Waals surface area contributed by atoms with Gasteiger partial charge in [0.2, 0.25) is 0 Å². The van der Waals surface area contributed by atoms with Crippen molar-refractivity contribution in [1.29, 1.82) is 0 Å². The molecule has 37 heavy (non-hydrogen) atoms. The van der Waals surface area contributed by atoms with Gasteiger partial charge in [0.05, 0.1) is 39.1 Å². The maximum atomic E-state index is 14.0. The minimum Gasteiger partial charge on any atom is -0.428 e. The van der Waals surface area contributed by atoms with Gasteiger partial charge in [0, 0.05) is 6.92 Å². The first kappa shape index (κ1) is 29.2. The number of esters is 1. The van der Waals surface area contributed by atoms with Crippen molar-refractivity contribution >= 4 is 13.6 Å². The lowest BCUT2D eigenvalue weighted by Crippen LogP contribution is -2.46. The molecule has 8 nitrogen and oxygen atoms in total. The molecule has 1 aliphatic rings. The lowest BCUT2D eigenvalue weighted by atomic mass is 10.0. The SMILES string of the molecule is CCOP(=O)(OCC)C1=C(OC(C)=O)[C@H](OCc2ccccc2)[C@@H](COCc2ccccc2)O[C@@H]1CC. The molecule has 202 valence electrons. The van der Waals surface area contributed by atoms with Gasteiger partial charge in [-0.3, -0.25) is 9.36 Å². The highest BCUT2D eigenvalue weighted by Crippen LogP contribution is 2.61. The van der Waals surface area contributed by atoms with E-state index in [9.17, 15) is 9.36 Å². The molecule has 0 amide bonds. The van der Waals surface area contributed by atoms with E-state index < -0.39 is 31.9 Å². The topological polar surface area (TPSA) is 89.5 Å². The number of rotatable bonds is 14. The molecular formula is C28H37O8P. The molecule has 0 N–H and O–H groups in total. The number of carbonyl (C=O) groups excluding carboxylic acids is 1. The lowest BCUT2D eigenvalue weighted by Gasteiger charge is -2.39. The average Bonchev–Trinajstić information content (AvgIpc) is 2.89. The molecule has 2 aromatic rings. The van der Waals surface area contributed by atoms with Crippen molar-refractivity contribution in [1.82, 2.24) is 0 Å². The summed E-state index contributed by atoms with van der Waals surface area (Å²) >= 11 is 0. The largest absolute Gasteiger partial charge is 0.428 e. The molecule has 0 aliphatic carbocycles. The summed E-state index contributed by atoms with van der Waals surface area (Å²) < 4.78 is 49.7. The van der Waals surface area contributed by atoms with Crippen LogP contribution in [0.2, 0.25) is 0 Å². The van der Waals surface area contributed by atoms with Gasteiger partial charge in [0.25, 0.3) is 0 Å². The molecule has 0 fully saturated rings. The molecule has 0 saturated carbocycles. The van der Waals surface area contributed by atoms with E-state index in [0.29, 0.717) is 13.0 Å². The average molecular weight is 533 g/mol. The summed E-state index contributed by atoms with van der Waals surface area (Å²) in [5.41, 5.74) is 1.94. The molecule has 1 heterocycles. The maximum Gasteiger partial charge on any atom is 0.363 e. The molecule has 0 spiro atoms. The van der Waals surface area contributed by atoms with Crippen molar-refractivity contribution < 1.29 is 37.4 Å². The first-order chi connectivity index (χ1) is 17.9. The van der Waals surface area contributed by atoms with E-state index in [1.54, 1.807) is 13.8 Å². The highest BCUT2D eigenvalue weighted by molar-refractivity contribution is 7.58. The van der Waals surface area contributed by atoms with Crippen molar-refractivity contribution in [3.05, 3.63) is 82.9 Å². The number of ether oxygens (including phenoxy) is 4. The molecule has 9 heteroatoms. The van der Waals surface area contributed by atoms with Gasteiger partial charge in [-0.2, -0.15) is 0 Å². The highest BCUT2D eigenvalue weighted by Gasteiger charge is 2.48. The summed E-state index contributed by atoms with van der Waals surface area (Å²) in [7, 11) is -3.86. The third-order valence-corrected chi connectivity index (χ3v) is 7.97. The first-order valence-electron chi connectivity index (χ1n) is 12.7. The van der Waals surface area contributed by atoms with Gasteiger partial charge in [-0.1, -0.05) is 67.6 Å². The quantitative estimate of drug-likeness (QED) is 0.216. The van der Waals surface area contributed by atoms with E-state index in [1.165, 1.54) is 6.92 Å². The van der Waals surface area contributed by atoms with Crippen molar-refractivity contribution in [2.24, 2.45) is 0 Å². The normalized spacial score (nSPS) is 20.2. The van der Waals surface area contributed by atoms with E-state index in [-0.39, 0.29) is 37.5 Å². The van der Waals surface area contributed by atoms with Crippen LogP contribution in [0.4, 0.5) is 0 Å². The fourth-order valence-corrected chi connectivity index (χ4v) is 6.21. The second-order valence-corrected chi connectivity index (χ2v) is 10.5. The van der Waals surface area contributed by atoms with Crippen LogP contribution in [0.5, 0.6) is 0 Å². The fraction of sp³-hybridized carbons (Fsp3) is 0.464. The zero-order valence-corrected chi connectivity index (χ0v) is 22.9. The highest BCUT2D eigenvalue weighted by atomic mass is 31.2. The smallest absolute Gasteiger partial charge is 0.363 e. The van der Waals surface area contributed by atoms with Crippen LogP contribution in [0.15, 0.2) is 71.7 Å². The Hall–Kier alpha value is -2.32. The van der Waals surface area contributed by atoms with E-state index in [0.717, 1.165) is 11.1 Å². The van der Waals surface area contributed by atoms with Gasteiger partial charge >= 0.3 is 13.6 Å². The Morgan fingerprint density at radius 2 is 1.46 bits per heavy atom. The maximum absolute atomic E-state index is 14.0. The van der Waals surface area contributed by atoms with Crippen molar-refractivity contribution in [3.8, 4) is 0 Å². The second kappa shape index (κ2) is 14.6. The molecule has 0 unspecified atom stereocenters. The summed E-state index contributed by atoms with van der Waals surface area (Å²) in [6, 6.07) is 19.4. The number of benzene rings is 2. The van der Waals surface area contributed by atoms with Crippen LogP contribution in [0, 0.1) is 0 Å². The van der Waals surface area contributed by atoms with Gasteiger partial charge in [-0.05, 0) is 31.4 Å². The van der Waals surface area contributed by atoms with E-state index in [2.05, 4.69) is 0 Å². The van der Waals surface area contributed by atoms with Crippen molar-refractivity contribution in [2.75, 3.05) is 19.8 Å². The second-order valence-electron chi connectivity index (χ2n) is 8.47. The van der Waals surface area contributed by atoms with E-state index >= 15 is 0 Å². The molecular weight excluding hydrogens is 495 g/mol. The van der Waals surface area contributed by atoms with Gasteiger partial charge in [0.15, 0.2) is 5.76 Å². The Kier molecular flexibility index (Phi) is 11.5. The molecule has 0 bridgehead atoms. The Balaban J connectivity index is 2.00. The molecule has 0 radical (unpaired) electrons. The minimum atomic E-state index is -3.86. The lowest BCUT2D eigenvalue weighted by molar-refractivity contribution is -0.156. The predicted octanol–water partition coefficient (Wildman–Crippen LogP) is 6.01.